The maximum absolute atomic E-state index is 10.3. The first-order valence-corrected chi connectivity index (χ1v) is 5.99. The zero-order chi connectivity index (χ0) is 9.92. The molecule has 0 spiro atoms. The van der Waals surface area contributed by atoms with Gasteiger partial charge < -0.3 is 5.11 Å². The number of allylic oxidation sites excluding steroid dienone is 2. The van der Waals surface area contributed by atoms with E-state index < -0.39 is 0 Å². The lowest BCUT2D eigenvalue weighted by Gasteiger charge is -2.38. The van der Waals surface area contributed by atoms with Crippen LogP contribution in [0.15, 0.2) is 11.6 Å². The van der Waals surface area contributed by atoms with Crippen molar-refractivity contribution in [2.24, 2.45) is 23.2 Å². The number of rotatable bonds is 0. The van der Waals surface area contributed by atoms with Crippen LogP contribution in [0.2, 0.25) is 0 Å². The Morgan fingerprint density at radius 2 is 2.29 bits per heavy atom. The first-order chi connectivity index (χ1) is 6.65. The van der Waals surface area contributed by atoms with Crippen LogP contribution in [0.25, 0.3) is 0 Å². The first-order valence-electron chi connectivity index (χ1n) is 5.99. The Kier molecular flexibility index (Phi) is 1.69. The molecule has 0 heterocycles. The van der Waals surface area contributed by atoms with E-state index in [0.717, 1.165) is 18.3 Å². The second-order valence-electron chi connectivity index (χ2n) is 5.80. The van der Waals surface area contributed by atoms with Crippen LogP contribution in [-0.4, -0.2) is 11.2 Å². The highest BCUT2D eigenvalue weighted by molar-refractivity contribution is 5.20. The van der Waals surface area contributed by atoms with Gasteiger partial charge in [-0.15, -0.1) is 0 Å². The zero-order valence-electron chi connectivity index (χ0n) is 9.16. The number of aliphatic hydroxyl groups is 1. The molecule has 3 rings (SSSR count). The van der Waals surface area contributed by atoms with Gasteiger partial charge in [0.15, 0.2) is 0 Å². The lowest BCUT2D eigenvalue weighted by molar-refractivity contribution is -0.00418. The second kappa shape index (κ2) is 2.63. The lowest BCUT2D eigenvalue weighted by Crippen LogP contribution is -2.37. The number of hydrogen-bond acceptors (Lipinski definition) is 1. The molecule has 0 saturated heterocycles. The molecule has 2 saturated carbocycles. The number of aliphatic hydroxyl groups excluding tert-OH is 1. The van der Waals surface area contributed by atoms with Crippen molar-refractivity contribution in [3.8, 4) is 0 Å². The highest BCUT2D eigenvalue weighted by Gasteiger charge is 2.62. The summed E-state index contributed by atoms with van der Waals surface area (Å²) in [6, 6.07) is 0. The van der Waals surface area contributed by atoms with E-state index in [4.69, 9.17) is 0 Å². The monoisotopic (exact) mass is 192 g/mol. The van der Waals surface area contributed by atoms with E-state index in [-0.39, 0.29) is 6.10 Å². The molecule has 5 atom stereocenters. The van der Waals surface area contributed by atoms with E-state index in [1.165, 1.54) is 19.3 Å². The van der Waals surface area contributed by atoms with Crippen molar-refractivity contribution in [1.29, 1.82) is 0 Å². The molecule has 2 fully saturated rings. The molecular weight excluding hydrogens is 172 g/mol. The van der Waals surface area contributed by atoms with Crippen LogP contribution in [0.1, 0.15) is 39.5 Å². The number of hydrogen-bond donors (Lipinski definition) is 1. The predicted molar refractivity (Wildman–Crippen MR) is 56.8 cm³/mol. The van der Waals surface area contributed by atoms with E-state index in [2.05, 4.69) is 19.9 Å². The smallest absolute Gasteiger partial charge is 0.0630 e. The van der Waals surface area contributed by atoms with Crippen LogP contribution < -0.4 is 0 Å². The van der Waals surface area contributed by atoms with E-state index >= 15 is 0 Å². The Labute approximate surface area is 86.2 Å². The predicted octanol–water partition coefficient (Wildman–Crippen LogP) is 2.75. The molecule has 1 N–H and O–H groups in total. The molecule has 0 radical (unpaired) electrons. The molecule has 2 bridgehead atoms. The minimum absolute atomic E-state index is 0.0180. The third kappa shape index (κ3) is 0.850. The summed E-state index contributed by atoms with van der Waals surface area (Å²) >= 11 is 0. The second-order valence-corrected chi connectivity index (χ2v) is 5.80. The Bertz CT molecular complexity index is 294. The average molecular weight is 192 g/mol. The van der Waals surface area contributed by atoms with Crippen molar-refractivity contribution in [1.82, 2.24) is 0 Å². The highest BCUT2D eigenvalue weighted by Crippen LogP contribution is 2.65. The van der Waals surface area contributed by atoms with Crippen LogP contribution in [-0.2, 0) is 0 Å². The minimum atomic E-state index is -0.0180. The van der Waals surface area contributed by atoms with Gasteiger partial charge in [0.05, 0.1) is 6.10 Å². The van der Waals surface area contributed by atoms with E-state index in [9.17, 15) is 5.11 Å². The summed E-state index contributed by atoms with van der Waals surface area (Å²) in [7, 11) is 0. The molecule has 1 heteroatoms. The Morgan fingerprint density at radius 3 is 3.07 bits per heavy atom. The first kappa shape index (κ1) is 8.96. The summed E-state index contributed by atoms with van der Waals surface area (Å²) in [6.45, 7) is 4.51. The molecule has 14 heavy (non-hydrogen) atoms. The summed E-state index contributed by atoms with van der Waals surface area (Å²) in [4.78, 5) is 0. The maximum atomic E-state index is 10.3. The lowest BCUT2D eigenvalue weighted by atomic mass is 9.68. The van der Waals surface area contributed by atoms with Gasteiger partial charge in [-0.05, 0) is 50.4 Å². The zero-order valence-corrected chi connectivity index (χ0v) is 9.16. The molecule has 0 aliphatic heterocycles. The minimum Gasteiger partial charge on any atom is -0.392 e. The topological polar surface area (TPSA) is 20.2 Å². The van der Waals surface area contributed by atoms with Crippen molar-refractivity contribution in [3.05, 3.63) is 11.6 Å². The Morgan fingerprint density at radius 1 is 1.50 bits per heavy atom. The van der Waals surface area contributed by atoms with Crippen LogP contribution >= 0.6 is 0 Å². The normalized spacial score (nSPS) is 55.8. The summed E-state index contributed by atoms with van der Waals surface area (Å²) in [5.41, 5.74) is 1.85. The fourth-order valence-electron chi connectivity index (χ4n) is 4.53. The summed E-state index contributed by atoms with van der Waals surface area (Å²) in [5.74, 6) is 2.17. The van der Waals surface area contributed by atoms with Crippen LogP contribution in [0, 0.1) is 23.2 Å². The molecule has 3 aliphatic rings. The highest BCUT2D eigenvalue weighted by atomic mass is 16.3. The van der Waals surface area contributed by atoms with Gasteiger partial charge in [0, 0.05) is 5.41 Å². The van der Waals surface area contributed by atoms with Gasteiger partial charge in [0.25, 0.3) is 0 Å². The Balaban J connectivity index is 2.02. The van der Waals surface area contributed by atoms with Gasteiger partial charge in [0.2, 0.25) is 0 Å². The Hall–Kier alpha value is -0.300. The summed E-state index contributed by atoms with van der Waals surface area (Å²) in [6.07, 6.45) is 7.40. The van der Waals surface area contributed by atoms with Gasteiger partial charge >= 0.3 is 0 Å². The summed E-state index contributed by atoms with van der Waals surface area (Å²) in [5, 5.41) is 10.3. The molecule has 3 aliphatic carbocycles. The average Bonchev–Trinajstić information content (AvgIpc) is 2.62. The van der Waals surface area contributed by atoms with Crippen LogP contribution in [0.4, 0.5) is 0 Å². The molecular formula is C13H20O. The van der Waals surface area contributed by atoms with Crippen LogP contribution in [0.5, 0.6) is 0 Å². The molecule has 78 valence electrons. The van der Waals surface area contributed by atoms with Gasteiger partial charge in [-0.3, -0.25) is 0 Å². The van der Waals surface area contributed by atoms with E-state index in [1.807, 2.05) is 0 Å². The van der Waals surface area contributed by atoms with Gasteiger partial charge in [-0.1, -0.05) is 18.6 Å². The van der Waals surface area contributed by atoms with Crippen molar-refractivity contribution in [2.45, 2.75) is 45.6 Å². The standard InChI is InChI=1S/C13H20O/c1-8-3-5-13-6-4-10(11(13)7-8)9(2)12(13)14/h3,9-12,14H,4-7H2,1-2H3. The molecule has 0 aromatic carbocycles. The molecule has 0 aromatic heterocycles. The molecule has 1 nitrogen and oxygen atoms in total. The van der Waals surface area contributed by atoms with E-state index in [1.54, 1.807) is 5.57 Å². The summed E-state index contributed by atoms with van der Waals surface area (Å²) < 4.78 is 0. The van der Waals surface area contributed by atoms with Crippen molar-refractivity contribution in [3.63, 3.8) is 0 Å². The van der Waals surface area contributed by atoms with Gasteiger partial charge in [-0.25, -0.2) is 0 Å². The largest absolute Gasteiger partial charge is 0.392 e. The van der Waals surface area contributed by atoms with Crippen molar-refractivity contribution >= 4 is 0 Å². The fraction of sp³-hybridized carbons (Fsp3) is 0.846. The third-order valence-electron chi connectivity index (χ3n) is 5.33. The maximum Gasteiger partial charge on any atom is 0.0630 e. The van der Waals surface area contributed by atoms with Gasteiger partial charge in [0.1, 0.15) is 0 Å². The third-order valence-corrected chi connectivity index (χ3v) is 5.33. The van der Waals surface area contributed by atoms with Crippen molar-refractivity contribution < 1.29 is 5.11 Å². The fourth-order valence-corrected chi connectivity index (χ4v) is 4.53. The molecule has 5 unspecified atom stereocenters. The van der Waals surface area contributed by atoms with Gasteiger partial charge in [-0.2, -0.15) is 0 Å². The van der Waals surface area contributed by atoms with Crippen molar-refractivity contribution in [2.75, 3.05) is 0 Å². The van der Waals surface area contributed by atoms with Crippen LogP contribution in [0.3, 0.4) is 0 Å². The van der Waals surface area contributed by atoms with E-state index in [0.29, 0.717) is 11.3 Å². The molecule has 0 aromatic rings. The quantitative estimate of drug-likeness (QED) is 0.585. The SMILES string of the molecule is CC1=CCC23CCC(C(C)C2O)C3C1. The molecule has 0 amide bonds.